The van der Waals surface area contributed by atoms with E-state index in [2.05, 4.69) is 21.9 Å². The van der Waals surface area contributed by atoms with Gasteiger partial charge in [-0.05, 0) is 23.7 Å². The molecule has 0 spiro atoms. The van der Waals surface area contributed by atoms with Gasteiger partial charge in [0.15, 0.2) is 0 Å². The number of rotatable bonds is 2. The minimum Gasteiger partial charge on any atom is -0.398 e. The molecule has 0 unspecified atom stereocenters. The number of hydrogen-bond acceptors (Lipinski definition) is 2. The van der Waals surface area contributed by atoms with Crippen LogP contribution in [-0.2, 0) is 6.18 Å². The molecule has 0 aromatic heterocycles. The van der Waals surface area contributed by atoms with Crippen molar-refractivity contribution in [2.75, 3.05) is 12.3 Å². The van der Waals surface area contributed by atoms with Gasteiger partial charge in [-0.15, -0.1) is 0 Å². The van der Waals surface area contributed by atoms with Crippen molar-refractivity contribution in [3.05, 3.63) is 39.8 Å². The molecule has 0 saturated heterocycles. The van der Waals surface area contributed by atoms with Gasteiger partial charge in [0.2, 0.25) is 0 Å². The van der Waals surface area contributed by atoms with Gasteiger partial charge in [0.05, 0.1) is 5.56 Å². The summed E-state index contributed by atoms with van der Waals surface area (Å²) in [6, 6.07) is 3.32. The van der Waals surface area contributed by atoms with Crippen LogP contribution in [0, 0.1) is 11.8 Å². The highest BCUT2D eigenvalue weighted by Crippen LogP contribution is 2.33. The van der Waals surface area contributed by atoms with E-state index in [-0.39, 0.29) is 12.2 Å². The normalized spacial score (nSPS) is 10.2. The third-order valence-corrected chi connectivity index (χ3v) is 1.99. The van der Waals surface area contributed by atoms with Gasteiger partial charge in [-0.1, -0.05) is 17.0 Å². The molecule has 0 amide bonds. The van der Waals surface area contributed by atoms with Gasteiger partial charge in [-0.2, -0.15) is 13.2 Å². The summed E-state index contributed by atoms with van der Waals surface area (Å²) < 4.78 is 37.2. The number of benzene rings is 1. The molecule has 18 heavy (non-hydrogen) atoms. The van der Waals surface area contributed by atoms with Crippen LogP contribution < -0.4 is 5.73 Å². The Morgan fingerprint density at radius 3 is 2.67 bits per heavy atom. The lowest BCUT2D eigenvalue weighted by atomic mass is 10.1. The van der Waals surface area contributed by atoms with Gasteiger partial charge in [-0.25, -0.2) is 0 Å². The second-order valence-electron chi connectivity index (χ2n) is 3.31. The molecule has 7 heteroatoms. The number of halogens is 3. The molecule has 0 aliphatic rings. The van der Waals surface area contributed by atoms with E-state index in [0.29, 0.717) is 12.0 Å². The van der Waals surface area contributed by atoms with Crippen molar-refractivity contribution >= 4 is 5.69 Å². The molecule has 0 saturated carbocycles. The number of nitrogen functional groups attached to an aromatic ring is 1. The van der Waals surface area contributed by atoms with Crippen LogP contribution in [0.4, 0.5) is 18.9 Å². The SMILES string of the molecule is [N-]=[N+]=NCCC#Cc1ccc(C(F)(F)F)c(N)c1. The molecule has 0 radical (unpaired) electrons. The van der Waals surface area contributed by atoms with E-state index in [1.165, 1.54) is 12.1 Å². The average molecular weight is 254 g/mol. The van der Waals surface area contributed by atoms with Crippen molar-refractivity contribution in [1.29, 1.82) is 0 Å². The van der Waals surface area contributed by atoms with E-state index in [0.717, 1.165) is 6.07 Å². The monoisotopic (exact) mass is 254 g/mol. The smallest absolute Gasteiger partial charge is 0.398 e. The Hall–Kier alpha value is -2.32. The summed E-state index contributed by atoms with van der Waals surface area (Å²) in [5.41, 5.74) is 12.5. The van der Waals surface area contributed by atoms with E-state index < -0.39 is 11.7 Å². The number of alkyl halides is 3. The molecule has 0 aliphatic carbocycles. The molecule has 94 valence electrons. The van der Waals surface area contributed by atoms with Gasteiger partial charge in [0.25, 0.3) is 0 Å². The van der Waals surface area contributed by atoms with Crippen LogP contribution >= 0.6 is 0 Å². The van der Waals surface area contributed by atoms with E-state index in [1.54, 1.807) is 0 Å². The molecule has 2 N–H and O–H groups in total. The summed E-state index contributed by atoms with van der Waals surface area (Å²) in [4.78, 5) is 2.55. The van der Waals surface area contributed by atoms with Gasteiger partial charge in [-0.3, -0.25) is 0 Å². The summed E-state index contributed by atoms with van der Waals surface area (Å²) >= 11 is 0. The van der Waals surface area contributed by atoms with Crippen LogP contribution in [0.5, 0.6) is 0 Å². The average Bonchev–Trinajstić information content (AvgIpc) is 2.27. The highest BCUT2D eigenvalue weighted by molar-refractivity contribution is 5.54. The van der Waals surface area contributed by atoms with Crippen molar-refractivity contribution in [1.82, 2.24) is 0 Å². The molecule has 0 atom stereocenters. The molecule has 1 rings (SSSR count). The van der Waals surface area contributed by atoms with Crippen molar-refractivity contribution in [2.45, 2.75) is 12.6 Å². The Balaban J connectivity index is 2.82. The molecule has 1 aromatic carbocycles. The summed E-state index contributed by atoms with van der Waals surface area (Å²) in [5.74, 6) is 5.31. The van der Waals surface area contributed by atoms with Crippen LogP contribution in [0.15, 0.2) is 23.3 Å². The second-order valence-corrected chi connectivity index (χ2v) is 3.31. The summed E-state index contributed by atoms with van der Waals surface area (Å²) in [6.07, 6.45) is -4.12. The zero-order valence-electron chi connectivity index (χ0n) is 9.20. The van der Waals surface area contributed by atoms with E-state index in [1.807, 2.05) is 0 Å². The molecular formula is C11H9F3N4. The zero-order valence-corrected chi connectivity index (χ0v) is 9.20. The number of nitrogens with zero attached hydrogens (tertiary/aromatic N) is 3. The van der Waals surface area contributed by atoms with E-state index >= 15 is 0 Å². The topological polar surface area (TPSA) is 74.8 Å². The predicted octanol–water partition coefficient (Wildman–Crippen LogP) is 3.34. The quantitative estimate of drug-likeness (QED) is 0.215. The standard InChI is InChI=1S/C11H9F3N4/c12-11(13,14)9-5-4-8(7-10(9)15)3-1-2-6-17-18-16/h4-5,7H,2,6,15H2. The molecule has 4 nitrogen and oxygen atoms in total. The fourth-order valence-electron chi connectivity index (χ4n) is 1.21. The molecule has 0 heterocycles. The van der Waals surface area contributed by atoms with E-state index in [4.69, 9.17) is 11.3 Å². The Morgan fingerprint density at radius 2 is 2.11 bits per heavy atom. The van der Waals surface area contributed by atoms with Crippen molar-refractivity contribution in [2.24, 2.45) is 5.11 Å². The molecule has 0 bridgehead atoms. The molecule has 1 aromatic rings. The lowest BCUT2D eigenvalue weighted by Crippen LogP contribution is -2.08. The Kier molecular flexibility index (Phi) is 4.46. The van der Waals surface area contributed by atoms with Crippen LogP contribution in [0.2, 0.25) is 0 Å². The third-order valence-electron chi connectivity index (χ3n) is 1.99. The maximum Gasteiger partial charge on any atom is 0.418 e. The number of hydrogen-bond donors (Lipinski definition) is 1. The third kappa shape index (κ3) is 3.92. The lowest BCUT2D eigenvalue weighted by Gasteiger charge is -2.09. The lowest BCUT2D eigenvalue weighted by molar-refractivity contribution is -0.136. The summed E-state index contributed by atoms with van der Waals surface area (Å²) in [5, 5.41) is 3.27. The van der Waals surface area contributed by atoms with Crippen molar-refractivity contribution in [3.8, 4) is 11.8 Å². The fourth-order valence-corrected chi connectivity index (χ4v) is 1.21. The number of azide groups is 1. The van der Waals surface area contributed by atoms with Crippen LogP contribution in [-0.4, -0.2) is 6.54 Å². The highest BCUT2D eigenvalue weighted by Gasteiger charge is 2.32. The van der Waals surface area contributed by atoms with Crippen LogP contribution in [0.1, 0.15) is 17.5 Å². The highest BCUT2D eigenvalue weighted by atomic mass is 19.4. The largest absolute Gasteiger partial charge is 0.418 e. The first kappa shape index (κ1) is 13.7. The van der Waals surface area contributed by atoms with Crippen LogP contribution in [0.25, 0.3) is 10.4 Å². The Morgan fingerprint density at radius 1 is 1.39 bits per heavy atom. The van der Waals surface area contributed by atoms with E-state index in [9.17, 15) is 13.2 Å². The first-order valence-electron chi connectivity index (χ1n) is 4.91. The van der Waals surface area contributed by atoms with Gasteiger partial charge in [0, 0.05) is 29.1 Å². The number of anilines is 1. The summed E-state index contributed by atoms with van der Waals surface area (Å²) in [7, 11) is 0. The first-order chi connectivity index (χ1) is 8.45. The Labute approximate surface area is 101 Å². The fraction of sp³-hybridized carbons (Fsp3) is 0.273. The molecular weight excluding hydrogens is 245 g/mol. The minimum absolute atomic E-state index is 0.222. The van der Waals surface area contributed by atoms with Crippen molar-refractivity contribution in [3.63, 3.8) is 0 Å². The predicted molar refractivity (Wildman–Crippen MR) is 61.4 cm³/mol. The van der Waals surface area contributed by atoms with Gasteiger partial charge >= 0.3 is 6.18 Å². The van der Waals surface area contributed by atoms with Crippen molar-refractivity contribution < 1.29 is 13.2 Å². The van der Waals surface area contributed by atoms with Crippen LogP contribution in [0.3, 0.4) is 0 Å². The maximum atomic E-state index is 12.4. The summed E-state index contributed by atoms with van der Waals surface area (Å²) in [6.45, 7) is 0.222. The second kappa shape index (κ2) is 5.84. The molecule has 0 aliphatic heterocycles. The zero-order chi connectivity index (χ0) is 13.6. The maximum absolute atomic E-state index is 12.4. The van der Waals surface area contributed by atoms with Gasteiger partial charge in [0.1, 0.15) is 0 Å². The first-order valence-corrected chi connectivity index (χ1v) is 4.91. The molecule has 0 fully saturated rings. The Bertz CT molecular complexity index is 533. The minimum atomic E-state index is -4.46. The van der Waals surface area contributed by atoms with Gasteiger partial charge < -0.3 is 5.73 Å². The number of nitrogens with two attached hydrogens (primary N) is 1.